The van der Waals surface area contributed by atoms with Crippen molar-refractivity contribution in [1.82, 2.24) is 0 Å². The number of nitrogens with two attached hydrogens (primary N) is 1. The van der Waals surface area contributed by atoms with Crippen LogP contribution in [0.5, 0.6) is 0 Å². The third-order valence-electron chi connectivity index (χ3n) is 2.59. The largest absolute Gasteiger partial charge is 0.326 e. The van der Waals surface area contributed by atoms with Gasteiger partial charge in [-0.2, -0.15) is 0 Å². The molecule has 0 saturated heterocycles. The van der Waals surface area contributed by atoms with E-state index < -0.39 is 0 Å². The Kier molecular flexibility index (Phi) is 4.11. The maximum Gasteiger partial charge on any atom is 0.0178 e. The first kappa shape index (κ1) is 11.6. The quantitative estimate of drug-likeness (QED) is 0.843. The summed E-state index contributed by atoms with van der Waals surface area (Å²) >= 11 is 0. The fraction of sp³-hybridized carbons (Fsp3) is 0.0625. The highest BCUT2D eigenvalue weighted by Gasteiger charge is 1.91. The molecular formula is C16H16N. The van der Waals surface area contributed by atoms with E-state index in [-0.39, 0.29) is 0 Å². The van der Waals surface area contributed by atoms with Crippen LogP contribution in [0, 0.1) is 6.42 Å². The predicted octanol–water partition coefficient (Wildman–Crippen LogP) is 3.41. The molecule has 0 heterocycles. The summed E-state index contributed by atoms with van der Waals surface area (Å²) in [6.07, 6.45) is 6.25. The molecule has 0 amide bonds. The molecule has 0 fully saturated rings. The third-order valence-corrected chi connectivity index (χ3v) is 2.59. The molecule has 1 heteroatoms. The molecule has 85 valence electrons. The summed E-state index contributed by atoms with van der Waals surface area (Å²) in [4.78, 5) is 0. The van der Waals surface area contributed by atoms with E-state index in [1.54, 1.807) is 0 Å². The molecule has 0 atom stereocenters. The SMILES string of the molecule is NCc1ccc([CH]C=Cc2ccccc2)cc1. The van der Waals surface area contributed by atoms with Gasteiger partial charge in [0, 0.05) is 13.0 Å². The van der Waals surface area contributed by atoms with Gasteiger partial charge < -0.3 is 5.73 Å². The summed E-state index contributed by atoms with van der Waals surface area (Å²) < 4.78 is 0. The van der Waals surface area contributed by atoms with Crippen LogP contribution >= 0.6 is 0 Å². The molecule has 0 unspecified atom stereocenters. The van der Waals surface area contributed by atoms with E-state index in [0.29, 0.717) is 6.54 Å². The predicted molar refractivity (Wildman–Crippen MR) is 73.2 cm³/mol. The first-order valence-corrected chi connectivity index (χ1v) is 5.74. The average Bonchev–Trinajstić information content (AvgIpc) is 2.41. The zero-order valence-corrected chi connectivity index (χ0v) is 9.71. The Morgan fingerprint density at radius 2 is 1.53 bits per heavy atom. The lowest BCUT2D eigenvalue weighted by atomic mass is 10.1. The number of hydrogen-bond donors (Lipinski definition) is 1. The maximum atomic E-state index is 5.55. The van der Waals surface area contributed by atoms with E-state index in [0.717, 1.165) is 5.56 Å². The van der Waals surface area contributed by atoms with Crippen molar-refractivity contribution in [2.24, 2.45) is 5.73 Å². The highest BCUT2D eigenvalue weighted by Crippen LogP contribution is 2.08. The average molecular weight is 222 g/mol. The highest BCUT2D eigenvalue weighted by molar-refractivity contribution is 5.51. The van der Waals surface area contributed by atoms with Crippen LogP contribution in [-0.4, -0.2) is 0 Å². The molecule has 2 rings (SSSR count). The molecule has 0 bridgehead atoms. The van der Waals surface area contributed by atoms with E-state index in [2.05, 4.69) is 55.0 Å². The van der Waals surface area contributed by atoms with E-state index >= 15 is 0 Å². The van der Waals surface area contributed by atoms with Crippen molar-refractivity contribution in [3.05, 3.63) is 83.8 Å². The normalized spacial score (nSPS) is 10.9. The molecule has 0 aliphatic rings. The molecule has 0 spiro atoms. The van der Waals surface area contributed by atoms with Gasteiger partial charge in [-0.05, 0) is 16.7 Å². The second-order valence-electron chi connectivity index (χ2n) is 3.88. The van der Waals surface area contributed by atoms with Crippen molar-refractivity contribution < 1.29 is 0 Å². The van der Waals surface area contributed by atoms with Gasteiger partial charge in [-0.3, -0.25) is 0 Å². The minimum atomic E-state index is 0.597. The van der Waals surface area contributed by atoms with Gasteiger partial charge in [-0.25, -0.2) is 0 Å². The Labute approximate surface area is 103 Å². The summed E-state index contributed by atoms with van der Waals surface area (Å²) in [6.45, 7) is 0.597. The maximum absolute atomic E-state index is 5.55. The molecule has 1 radical (unpaired) electrons. The zero-order valence-electron chi connectivity index (χ0n) is 9.71. The molecule has 0 aliphatic carbocycles. The van der Waals surface area contributed by atoms with Crippen LogP contribution in [-0.2, 0) is 6.54 Å². The van der Waals surface area contributed by atoms with E-state index in [1.165, 1.54) is 11.1 Å². The second-order valence-corrected chi connectivity index (χ2v) is 3.88. The molecule has 2 aromatic rings. The van der Waals surface area contributed by atoms with Crippen LogP contribution in [0.4, 0.5) is 0 Å². The minimum absolute atomic E-state index is 0.597. The monoisotopic (exact) mass is 222 g/mol. The number of allylic oxidation sites excluding steroid dienone is 1. The Morgan fingerprint density at radius 1 is 0.824 bits per heavy atom. The number of benzene rings is 2. The van der Waals surface area contributed by atoms with Gasteiger partial charge in [0.2, 0.25) is 0 Å². The van der Waals surface area contributed by atoms with E-state index in [9.17, 15) is 0 Å². The fourth-order valence-corrected chi connectivity index (χ4v) is 1.60. The zero-order chi connectivity index (χ0) is 11.9. The van der Waals surface area contributed by atoms with Crippen molar-refractivity contribution in [1.29, 1.82) is 0 Å². The van der Waals surface area contributed by atoms with Crippen LogP contribution in [0.1, 0.15) is 16.7 Å². The molecule has 0 aliphatic heterocycles. The summed E-state index contributed by atoms with van der Waals surface area (Å²) in [5.41, 5.74) is 9.11. The Morgan fingerprint density at radius 3 is 2.18 bits per heavy atom. The number of hydrogen-bond acceptors (Lipinski definition) is 1. The fourth-order valence-electron chi connectivity index (χ4n) is 1.60. The summed E-state index contributed by atoms with van der Waals surface area (Å²) in [7, 11) is 0. The van der Waals surface area contributed by atoms with Gasteiger partial charge in [-0.1, -0.05) is 66.7 Å². The standard InChI is InChI=1S/C16H16N/c17-13-16-11-9-15(10-12-16)8-4-7-14-5-2-1-3-6-14/h1-12H,13,17H2. The minimum Gasteiger partial charge on any atom is -0.326 e. The molecular weight excluding hydrogens is 206 g/mol. The molecule has 1 nitrogen and oxygen atoms in total. The van der Waals surface area contributed by atoms with Crippen molar-refractivity contribution in [3.63, 3.8) is 0 Å². The van der Waals surface area contributed by atoms with Gasteiger partial charge in [0.05, 0.1) is 0 Å². The first-order valence-electron chi connectivity index (χ1n) is 5.74. The van der Waals surface area contributed by atoms with Crippen molar-refractivity contribution in [2.75, 3.05) is 0 Å². The van der Waals surface area contributed by atoms with Gasteiger partial charge in [0.15, 0.2) is 0 Å². The Hall–Kier alpha value is -1.86. The Balaban J connectivity index is 1.95. The summed E-state index contributed by atoms with van der Waals surface area (Å²) in [5.74, 6) is 0. The topological polar surface area (TPSA) is 26.0 Å². The van der Waals surface area contributed by atoms with Crippen molar-refractivity contribution >= 4 is 6.08 Å². The molecule has 0 saturated carbocycles. The number of rotatable bonds is 4. The lowest BCUT2D eigenvalue weighted by molar-refractivity contribution is 1.07. The van der Waals surface area contributed by atoms with Crippen LogP contribution in [0.3, 0.4) is 0 Å². The van der Waals surface area contributed by atoms with Crippen LogP contribution < -0.4 is 5.73 Å². The van der Waals surface area contributed by atoms with Crippen molar-refractivity contribution in [3.8, 4) is 0 Å². The molecule has 17 heavy (non-hydrogen) atoms. The van der Waals surface area contributed by atoms with Gasteiger partial charge in [0.25, 0.3) is 0 Å². The highest BCUT2D eigenvalue weighted by atomic mass is 14.5. The first-order chi connectivity index (χ1) is 8.38. The lowest BCUT2D eigenvalue weighted by Gasteiger charge is -1.99. The van der Waals surface area contributed by atoms with Crippen LogP contribution in [0.15, 0.2) is 60.7 Å². The summed E-state index contributed by atoms with van der Waals surface area (Å²) in [6, 6.07) is 18.5. The van der Waals surface area contributed by atoms with Gasteiger partial charge >= 0.3 is 0 Å². The van der Waals surface area contributed by atoms with E-state index in [4.69, 9.17) is 5.73 Å². The molecule has 2 aromatic carbocycles. The van der Waals surface area contributed by atoms with E-state index in [1.807, 2.05) is 18.2 Å². The third kappa shape index (κ3) is 3.58. The van der Waals surface area contributed by atoms with Crippen LogP contribution in [0.25, 0.3) is 6.08 Å². The lowest BCUT2D eigenvalue weighted by Crippen LogP contribution is -1.95. The molecule has 0 aromatic heterocycles. The smallest absolute Gasteiger partial charge is 0.0178 e. The molecule has 2 N–H and O–H groups in total. The second kappa shape index (κ2) is 6.02. The summed E-state index contributed by atoms with van der Waals surface area (Å²) in [5, 5.41) is 0. The van der Waals surface area contributed by atoms with Crippen molar-refractivity contribution in [2.45, 2.75) is 6.54 Å². The van der Waals surface area contributed by atoms with Gasteiger partial charge in [0.1, 0.15) is 0 Å². The Bertz CT molecular complexity index is 469. The van der Waals surface area contributed by atoms with Gasteiger partial charge in [-0.15, -0.1) is 0 Å². The van der Waals surface area contributed by atoms with Crippen LogP contribution in [0.2, 0.25) is 0 Å².